The fraction of sp³-hybridized carbons (Fsp3) is 0.308. The lowest BCUT2D eigenvalue weighted by molar-refractivity contribution is 0.193. The average Bonchev–Trinajstić information content (AvgIpc) is 3.15. The van der Waals surface area contributed by atoms with Crippen LogP contribution in [0, 0.1) is 0 Å². The Balaban J connectivity index is 1.82. The van der Waals surface area contributed by atoms with Gasteiger partial charge in [-0.15, -0.1) is 10.2 Å². The first-order chi connectivity index (χ1) is 10.2. The molecule has 1 atom stereocenters. The molecule has 2 aromatic heterocycles. The predicted molar refractivity (Wildman–Crippen MR) is 84.4 cm³/mol. The molecule has 1 saturated heterocycles. The largest absolute Gasteiger partial charge is 0.399 e. The summed E-state index contributed by atoms with van der Waals surface area (Å²) in [4.78, 5) is 0.793. The molecule has 108 valence electrons. The minimum Gasteiger partial charge on any atom is -0.399 e. The zero-order valence-electron chi connectivity index (χ0n) is 11.0. The van der Waals surface area contributed by atoms with Gasteiger partial charge in [0, 0.05) is 28.2 Å². The van der Waals surface area contributed by atoms with Crippen molar-refractivity contribution in [3.63, 3.8) is 0 Å². The Morgan fingerprint density at radius 1 is 1.38 bits per heavy atom. The first kappa shape index (κ1) is 13.2. The minimum atomic E-state index is 0.277. The molecule has 1 aromatic carbocycles. The molecule has 2 N–H and O–H groups in total. The molecule has 4 rings (SSSR count). The number of aromatic nitrogens is 4. The number of nitrogens with zero attached hydrogens (tertiary/aromatic N) is 4. The number of rotatable bonds is 2. The van der Waals surface area contributed by atoms with E-state index >= 15 is 0 Å². The SMILES string of the molecule is Nc1ccc(Br)c(-c2nn3c(C4CCOC4)nnc3s2)c1. The maximum atomic E-state index is 5.87. The number of hydrogen-bond acceptors (Lipinski definition) is 6. The van der Waals surface area contributed by atoms with Crippen molar-refractivity contribution in [3.05, 3.63) is 28.5 Å². The lowest BCUT2D eigenvalue weighted by Gasteiger charge is -2.03. The Bertz CT molecular complexity index is 808. The summed E-state index contributed by atoms with van der Waals surface area (Å²) in [5.74, 6) is 1.16. The summed E-state index contributed by atoms with van der Waals surface area (Å²) >= 11 is 5.05. The standard InChI is InChI=1S/C13H12BrN5OS/c14-10-2-1-8(15)5-9(10)12-18-19-11(7-3-4-20-6-7)16-17-13(19)21-12/h1-2,5,7H,3-4,6,15H2. The highest BCUT2D eigenvalue weighted by atomic mass is 79.9. The third-order valence-electron chi connectivity index (χ3n) is 3.53. The van der Waals surface area contributed by atoms with Crippen molar-refractivity contribution in [2.75, 3.05) is 18.9 Å². The van der Waals surface area contributed by atoms with Crippen LogP contribution in [0.5, 0.6) is 0 Å². The maximum Gasteiger partial charge on any atom is 0.234 e. The molecule has 1 aliphatic rings. The Morgan fingerprint density at radius 3 is 3.10 bits per heavy atom. The number of nitrogens with two attached hydrogens (primary N) is 1. The van der Waals surface area contributed by atoms with Crippen molar-refractivity contribution in [3.8, 4) is 10.6 Å². The molecule has 0 spiro atoms. The number of benzene rings is 1. The summed E-state index contributed by atoms with van der Waals surface area (Å²) in [7, 11) is 0. The summed E-state index contributed by atoms with van der Waals surface area (Å²) in [5, 5.41) is 14.0. The van der Waals surface area contributed by atoms with E-state index in [2.05, 4.69) is 31.2 Å². The Morgan fingerprint density at radius 2 is 2.29 bits per heavy atom. The number of nitrogen functional groups attached to an aromatic ring is 1. The number of ether oxygens (including phenoxy) is 1. The van der Waals surface area contributed by atoms with Crippen molar-refractivity contribution in [2.45, 2.75) is 12.3 Å². The van der Waals surface area contributed by atoms with Gasteiger partial charge >= 0.3 is 0 Å². The van der Waals surface area contributed by atoms with Crippen molar-refractivity contribution >= 4 is 37.9 Å². The third kappa shape index (κ3) is 2.23. The molecule has 0 bridgehead atoms. The topological polar surface area (TPSA) is 78.3 Å². The molecule has 1 aliphatic heterocycles. The molecular weight excluding hydrogens is 354 g/mol. The second-order valence-electron chi connectivity index (χ2n) is 4.96. The Hall–Kier alpha value is -1.51. The summed E-state index contributed by atoms with van der Waals surface area (Å²) < 4.78 is 8.22. The van der Waals surface area contributed by atoms with Crippen LogP contribution in [0.1, 0.15) is 18.2 Å². The van der Waals surface area contributed by atoms with Gasteiger partial charge in [0.1, 0.15) is 5.01 Å². The highest BCUT2D eigenvalue weighted by molar-refractivity contribution is 9.10. The van der Waals surface area contributed by atoms with Crippen LogP contribution in [0.2, 0.25) is 0 Å². The number of anilines is 1. The molecule has 0 radical (unpaired) electrons. The van der Waals surface area contributed by atoms with E-state index in [4.69, 9.17) is 10.5 Å². The van der Waals surface area contributed by atoms with Crippen LogP contribution < -0.4 is 5.73 Å². The number of fused-ring (bicyclic) bond motifs is 1. The Labute approximate surface area is 133 Å². The van der Waals surface area contributed by atoms with E-state index in [1.54, 1.807) is 0 Å². The molecule has 0 amide bonds. The number of halogens is 1. The molecule has 1 fully saturated rings. The van der Waals surface area contributed by atoms with Crippen LogP contribution in [-0.2, 0) is 4.74 Å². The molecule has 3 heterocycles. The fourth-order valence-electron chi connectivity index (χ4n) is 2.44. The van der Waals surface area contributed by atoms with E-state index in [0.29, 0.717) is 12.3 Å². The molecule has 3 aromatic rings. The van der Waals surface area contributed by atoms with Crippen LogP contribution in [0.25, 0.3) is 15.5 Å². The predicted octanol–water partition coefficient (Wildman–Crippen LogP) is 2.70. The fourth-order valence-corrected chi connectivity index (χ4v) is 3.88. The molecular formula is C13H12BrN5OS. The highest BCUT2D eigenvalue weighted by Crippen LogP contribution is 2.34. The lowest BCUT2D eigenvalue weighted by Crippen LogP contribution is -2.04. The van der Waals surface area contributed by atoms with E-state index in [1.807, 2.05) is 22.7 Å². The number of hydrogen-bond donors (Lipinski definition) is 1. The second kappa shape index (κ2) is 5.04. The lowest BCUT2D eigenvalue weighted by atomic mass is 10.1. The van der Waals surface area contributed by atoms with Crippen molar-refractivity contribution in [1.29, 1.82) is 0 Å². The summed E-state index contributed by atoms with van der Waals surface area (Å²) in [6.07, 6.45) is 0.968. The van der Waals surface area contributed by atoms with Crippen molar-refractivity contribution in [1.82, 2.24) is 19.8 Å². The maximum absolute atomic E-state index is 5.87. The van der Waals surface area contributed by atoms with Crippen molar-refractivity contribution < 1.29 is 4.74 Å². The van der Waals surface area contributed by atoms with Gasteiger partial charge in [-0.1, -0.05) is 27.3 Å². The van der Waals surface area contributed by atoms with E-state index < -0.39 is 0 Å². The van der Waals surface area contributed by atoms with Gasteiger partial charge in [0.15, 0.2) is 5.82 Å². The normalized spacial score (nSPS) is 18.6. The summed E-state index contributed by atoms with van der Waals surface area (Å²) in [6.45, 7) is 1.47. The first-order valence-electron chi connectivity index (χ1n) is 6.57. The summed E-state index contributed by atoms with van der Waals surface area (Å²) in [5.41, 5.74) is 7.55. The molecule has 1 unspecified atom stereocenters. The van der Waals surface area contributed by atoms with Crippen LogP contribution >= 0.6 is 27.3 Å². The van der Waals surface area contributed by atoms with Gasteiger partial charge in [-0.2, -0.15) is 9.61 Å². The second-order valence-corrected chi connectivity index (χ2v) is 6.77. The van der Waals surface area contributed by atoms with Crippen LogP contribution in [0.15, 0.2) is 22.7 Å². The zero-order valence-corrected chi connectivity index (χ0v) is 13.4. The third-order valence-corrected chi connectivity index (χ3v) is 5.15. The molecule has 0 saturated carbocycles. The quantitative estimate of drug-likeness (QED) is 0.706. The van der Waals surface area contributed by atoms with Gasteiger partial charge in [0.05, 0.1) is 6.61 Å². The molecule has 6 nitrogen and oxygen atoms in total. The van der Waals surface area contributed by atoms with Gasteiger partial charge in [-0.3, -0.25) is 0 Å². The molecule has 8 heteroatoms. The van der Waals surface area contributed by atoms with Gasteiger partial charge < -0.3 is 10.5 Å². The van der Waals surface area contributed by atoms with E-state index in [-0.39, 0.29) is 5.92 Å². The monoisotopic (exact) mass is 365 g/mol. The first-order valence-corrected chi connectivity index (χ1v) is 8.18. The zero-order chi connectivity index (χ0) is 14.4. The molecule has 0 aliphatic carbocycles. The minimum absolute atomic E-state index is 0.277. The van der Waals surface area contributed by atoms with Crippen LogP contribution in [0.3, 0.4) is 0 Å². The van der Waals surface area contributed by atoms with E-state index in [1.165, 1.54) is 11.3 Å². The van der Waals surface area contributed by atoms with Crippen LogP contribution in [0.4, 0.5) is 5.69 Å². The van der Waals surface area contributed by atoms with E-state index in [9.17, 15) is 0 Å². The highest BCUT2D eigenvalue weighted by Gasteiger charge is 2.25. The van der Waals surface area contributed by atoms with Gasteiger partial charge in [-0.05, 0) is 24.6 Å². The smallest absolute Gasteiger partial charge is 0.234 e. The van der Waals surface area contributed by atoms with Crippen LogP contribution in [-0.4, -0.2) is 33.0 Å². The van der Waals surface area contributed by atoms with Gasteiger partial charge in [0.2, 0.25) is 4.96 Å². The van der Waals surface area contributed by atoms with Gasteiger partial charge in [-0.25, -0.2) is 0 Å². The Kier molecular flexibility index (Phi) is 3.16. The van der Waals surface area contributed by atoms with Gasteiger partial charge in [0.25, 0.3) is 0 Å². The molecule has 21 heavy (non-hydrogen) atoms. The van der Waals surface area contributed by atoms with E-state index in [0.717, 1.165) is 38.9 Å². The average molecular weight is 366 g/mol. The van der Waals surface area contributed by atoms with Crippen molar-refractivity contribution in [2.24, 2.45) is 0 Å². The summed E-state index contributed by atoms with van der Waals surface area (Å²) in [6, 6.07) is 5.70.